The Kier molecular flexibility index (Phi) is 19.9. The largest absolute Gasteiger partial charge is 2.00 e. The molecule has 2 aromatic carbocycles. The molecule has 0 atom stereocenters. The number of benzene rings is 2. The summed E-state index contributed by atoms with van der Waals surface area (Å²) in [4.78, 5) is 8.00. The monoisotopic (exact) mass is 606 g/mol. The van der Waals surface area contributed by atoms with Gasteiger partial charge in [0.2, 0.25) is 0 Å². The molecule has 8 nitrogen and oxygen atoms in total. The molecule has 186 valence electrons. The van der Waals surface area contributed by atoms with Gasteiger partial charge in [-0.3, -0.25) is 0 Å². The summed E-state index contributed by atoms with van der Waals surface area (Å²) in [5.41, 5.74) is 1.60. The van der Waals surface area contributed by atoms with E-state index in [-0.39, 0.29) is 17.1 Å². The van der Waals surface area contributed by atoms with Crippen molar-refractivity contribution in [3.05, 3.63) is 118 Å². The number of hydrogen-bond acceptors (Lipinski definition) is 8. The average molecular weight is 607 g/mol. The van der Waals surface area contributed by atoms with Gasteiger partial charge in [0.25, 0.3) is 0 Å². The van der Waals surface area contributed by atoms with Crippen LogP contribution in [0.15, 0.2) is 118 Å². The van der Waals surface area contributed by atoms with Crippen molar-refractivity contribution in [2.75, 3.05) is 0 Å². The third-order valence-electron chi connectivity index (χ3n) is 3.47. The van der Waals surface area contributed by atoms with E-state index in [0.29, 0.717) is 21.7 Å². The van der Waals surface area contributed by atoms with Gasteiger partial charge in [0.1, 0.15) is 0 Å². The molecule has 0 aliphatic carbocycles. The van der Waals surface area contributed by atoms with E-state index in [1.54, 1.807) is 36.7 Å². The zero-order valence-electron chi connectivity index (χ0n) is 18.7. The van der Waals surface area contributed by atoms with Crippen LogP contribution in [0.4, 0.5) is 23.0 Å². The summed E-state index contributed by atoms with van der Waals surface area (Å²) in [6, 6.07) is 25.9. The molecule has 0 radical (unpaired) electrons. The summed E-state index contributed by atoms with van der Waals surface area (Å²) in [7, 11) is 0. The van der Waals surface area contributed by atoms with E-state index in [1.165, 1.54) is 10.3 Å². The molecule has 0 spiro atoms. The van der Waals surface area contributed by atoms with E-state index < -0.39 is 0 Å². The van der Waals surface area contributed by atoms with Crippen molar-refractivity contribution in [1.29, 1.82) is 0 Å². The van der Waals surface area contributed by atoms with Gasteiger partial charge < -0.3 is 10.8 Å². The van der Waals surface area contributed by atoms with Crippen LogP contribution in [0.5, 0.6) is 0 Å². The normalized spacial score (nSPS) is 9.14. The van der Waals surface area contributed by atoms with Gasteiger partial charge in [-0.15, -0.1) is 20.5 Å². The molecule has 0 amide bonds. The minimum Gasteiger partial charge on any atom is -0.753 e. The predicted octanol–water partition coefficient (Wildman–Crippen LogP) is 9.62. The number of isothiocyanates is 2. The third kappa shape index (κ3) is 16.9. The van der Waals surface area contributed by atoms with Crippen molar-refractivity contribution in [2.24, 2.45) is 20.5 Å². The molecule has 0 fully saturated rings. The Balaban J connectivity index is 0.000000566. The first kappa shape index (κ1) is 33.6. The molecule has 0 saturated heterocycles. The Labute approximate surface area is 245 Å². The van der Waals surface area contributed by atoms with Crippen molar-refractivity contribution < 1.29 is 17.1 Å². The van der Waals surface area contributed by atoms with Crippen LogP contribution in [0.25, 0.3) is 10.8 Å². The predicted molar refractivity (Wildman–Crippen MR) is 152 cm³/mol. The van der Waals surface area contributed by atoms with E-state index >= 15 is 0 Å². The Morgan fingerprint density at radius 1 is 0.568 bits per heavy atom. The van der Waals surface area contributed by atoms with Gasteiger partial charge >= 0.3 is 17.1 Å². The topological polar surface area (TPSA) is 120 Å². The van der Waals surface area contributed by atoms with Gasteiger partial charge in [0, 0.05) is 12.4 Å². The van der Waals surface area contributed by atoms with E-state index in [1.807, 2.05) is 60.7 Å². The van der Waals surface area contributed by atoms with Crippen LogP contribution in [0.1, 0.15) is 0 Å². The molecule has 4 aromatic rings. The zero-order valence-corrected chi connectivity index (χ0v) is 23.0. The van der Waals surface area contributed by atoms with Crippen LogP contribution in [0, 0.1) is 0 Å². The minimum absolute atomic E-state index is 0. The molecule has 37 heavy (non-hydrogen) atoms. The molecule has 2 heterocycles. The number of rotatable bonds is 4. The Morgan fingerprint density at radius 2 is 0.892 bits per heavy atom. The van der Waals surface area contributed by atoms with Crippen molar-refractivity contribution >= 4 is 81.0 Å². The number of aromatic nitrogens is 2. The summed E-state index contributed by atoms with van der Waals surface area (Å²) >= 11 is 18.8. The van der Waals surface area contributed by atoms with Crippen molar-refractivity contribution in [3.8, 4) is 0 Å². The van der Waals surface area contributed by atoms with Crippen LogP contribution in [0.2, 0.25) is 10.0 Å². The quantitative estimate of drug-likeness (QED) is 0.0993. The molecule has 13 heteroatoms. The van der Waals surface area contributed by atoms with E-state index in [4.69, 9.17) is 34.0 Å². The molecule has 4 rings (SSSR count). The van der Waals surface area contributed by atoms with Crippen molar-refractivity contribution in [3.63, 3.8) is 0 Å². The number of nitrogens with zero attached hydrogens (tertiary/aromatic N) is 8. The smallest absolute Gasteiger partial charge is 0.753 e. The fourth-order valence-corrected chi connectivity index (χ4v) is 2.29. The molecule has 0 unspecified atom stereocenters. The first-order chi connectivity index (χ1) is 17.5. The van der Waals surface area contributed by atoms with E-state index in [0.717, 1.165) is 11.4 Å². The van der Waals surface area contributed by atoms with Crippen molar-refractivity contribution in [2.45, 2.75) is 0 Å². The fourth-order valence-electron chi connectivity index (χ4n) is 2.06. The molecular formula is C24H16Cl2FeN8S2. The maximum atomic E-state index is 7.13. The SMILES string of the molecule is Clc1ccc(N=Nc2ccccc2)nc1.Clc1ccc(N=Nc2ccccc2)nc1.[Fe+2].[N-]=C=S.[N-]=C=S. The summed E-state index contributed by atoms with van der Waals surface area (Å²) in [5.74, 6) is 1.09. The molecule has 0 aliphatic heterocycles. The summed E-state index contributed by atoms with van der Waals surface area (Å²) in [5, 5.41) is 34.1. The van der Waals surface area contributed by atoms with Crippen LogP contribution in [-0.4, -0.2) is 20.3 Å². The van der Waals surface area contributed by atoms with E-state index in [2.05, 4.69) is 54.9 Å². The van der Waals surface area contributed by atoms with Gasteiger partial charge in [0.05, 0.1) is 21.4 Å². The standard InChI is InChI=1S/2C11H8ClN3.2CNS.Fe/c2*12-9-6-7-11(13-8-9)15-14-10-4-2-1-3-5-10;2*2-1-3;/h2*1-8H;;;/q;;2*-1;+2. The Morgan fingerprint density at radius 3 is 1.16 bits per heavy atom. The summed E-state index contributed by atoms with van der Waals surface area (Å²) < 4.78 is 0. The number of pyridine rings is 2. The first-order valence-electron chi connectivity index (χ1n) is 9.71. The fraction of sp³-hybridized carbons (Fsp3) is 0. The molecule has 0 saturated carbocycles. The van der Waals surface area contributed by atoms with Gasteiger partial charge in [-0.25, -0.2) is 9.97 Å². The molecule has 0 N–H and O–H groups in total. The maximum Gasteiger partial charge on any atom is 2.00 e. The average Bonchev–Trinajstić information content (AvgIpc) is 2.91. The minimum atomic E-state index is 0. The van der Waals surface area contributed by atoms with Crippen LogP contribution in [0.3, 0.4) is 0 Å². The van der Waals surface area contributed by atoms with Gasteiger partial charge in [-0.2, -0.15) is 10.3 Å². The first-order valence-corrected chi connectivity index (χ1v) is 11.3. The van der Waals surface area contributed by atoms with Crippen LogP contribution in [-0.2, 0) is 17.1 Å². The number of halogens is 2. The van der Waals surface area contributed by atoms with Gasteiger partial charge in [-0.1, -0.05) is 84.0 Å². The second-order valence-corrected chi connectivity index (χ2v) is 7.16. The Bertz CT molecular complexity index is 1180. The molecule has 0 bridgehead atoms. The summed E-state index contributed by atoms with van der Waals surface area (Å²) in [6.45, 7) is 0. The molecule has 0 aliphatic rings. The summed E-state index contributed by atoms with van der Waals surface area (Å²) in [6.07, 6.45) is 3.09. The molecular weight excluding hydrogens is 591 g/mol. The Hall–Kier alpha value is -3.36. The molecule has 2 aromatic heterocycles. The number of thiocarbonyl (C=S) groups is 2. The number of azo groups is 2. The maximum absolute atomic E-state index is 7.13. The van der Waals surface area contributed by atoms with Crippen LogP contribution >= 0.6 is 47.6 Å². The third-order valence-corrected chi connectivity index (χ3v) is 3.92. The zero-order chi connectivity index (χ0) is 26.4. The van der Waals surface area contributed by atoms with Gasteiger partial charge in [-0.05, 0) is 48.5 Å². The number of hydrogen-bond donors (Lipinski definition) is 0. The van der Waals surface area contributed by atoms with E-state index in [9.17, 15) is 0 Å². The van der Waals surface area contributed by atoms with Crippen LogP contribution < -0.4 is 0 Å². The van der Waals surface area contributed by atoms with Crippen molar-refractivity contribution in [1.82, 2.24) is 9.97 Å². The van der Waals surface area contributed by atoms with Gasteiger partial charge in [0.15, 0.2) is 11.6 Å². The second kappa shape index (κ2) is 21.9. The second-order valence-electron chi connectivity index (χ2n) is 5.92.